The fourth-order valence-corrected chi connectivity index (χ4v) is 2.63. The SMILES string of the molecule is CC(N)CCSCCN1CCNCC1. The average Bonchev–Trinajstić information content (AvgIpc) is 2.18. The van der Waals surface area contributed by atoms with Crippen LogP contribution in [0.3, 0.4) is 0 Å². The van der Waals surface area contributed by atoms with E-state index in [-0.39, 0.29) is 0 Å². The van der Waals surface area contributed by atoms with Crippen molar-refractivity contribution in [1.82, 2.24) is 10.2 Å². The maximum Gasteiger partial charge on any atom is 0.0108 e. The molecule has 0 radical (unpaired) electrons. The summed E-state index contributed by atoms with van der Waals surface area (Å²) in [5.41, 5.74) is 5.69. The van der Waals surface area contributed by atoms with E-state index in [4.69, 9.17) is 5.73 Å². The van der Waals surface area contributed by atoms with Gasteiger partial charge in [-0.05, 0) is 19.1 Å². The van der Waals surface area contributed by atoms with Crippen LogP contribution in [0.4, 0.5) is 0 Å². The molecule has 1 aliphatic heterocycles. The van der Waals surface area contributed by atoms with Crippen LogP contribution in [0.15, 0.2) is 0 Å². The van der Waals surface area contributed by atoms with Crippen LogP contribution < -0.4 is 11.1 Å². The van der Waals surface area contributed by atoms with Gasteiger partial charge in [0.25, 0.3) is 0 Å². The van der Waals surface area contributed by atoms with Crippen molar-refractivity contribution in [1.29, 1.82) is 0 Å². The Balaban J connectivity index is 1.87. The van der Waals surface area contributed by atoms with Crippen LogP contribution in [0.2, 0.25) is 0 Å². The summed E-state index contributed by atoms with van der Waals surface area (Å²) in [6.45, 7) is 8.07. The fraction of sp³-hybridized carbons (Fsp3) is 1.00. The minimum Gasteiger partial charge on any atom is -0.328 e. The molecule has 3 N–H and O–H groups in total. The average molecular weight is 217 g/mol. The molecule has 0 aromatic heterocycles. The highest BCUT2D eigenvalue weighted by molar-refractivity contribution is 7.99. The molecule has 0 bridgehead atoms. The summed E-state index contributed by atoms with van der Waals surface area (Å²) in [6.07, 6.45) is 1.15. The molecule has 3 nitrogen and oxygen atoms in total. The lowest BCUT2D eigenvalue weighted by Crippen LogP contribution is -2.44. The molecule has 1 unspecified atom stereocenters. The van der Waals surface area contributed by atoms with Gasteiger partial charge in [0.05, 0.1) is 0 Å². The highest BCUT2D eigenvalue weighted by Crippen LogP contribution is 2.05. The third-order valence-corrected chi connectivity index (χ3v) is 3.47. The minimum absolute atomic E-state index is 0.363. The maximum absolute atomic E-state index is 5.69. The number of hydrogen-bond donors (Lipinski definition) is 2. The first-order chi connectivity index (χ1) is 6.79. The van der Waals surface area contributed by atoms with Crippen LogP contribution in [0.25, 0.3) is 0 Å². The van der Waals surface area contributed by atoms with Crippen molar-refractivity contribution in [2.75, 3.05) is 44.2 Å². The lowest BCUT2D eigenvalue weighted by molar-refractivity contribution is 0.255. The highest BCUT2D eigenvalue weighted by Gasteiger charge is 2.08. The second-order valence-corrected chi connectivity index (χ2v) is 5.19. The standard InChI is InChI=1S/C10H23N3S/c1-10(11)2-8-14-9-7-13-5-3-12-4-6-13/h10,12H,2-9,11H2,1H3. The molecule has 0 saturated carbocycles. The summed E-state index contributed by atoms with van der Waals surface area (Å²) in [6, 6.07) is 0.363. The summed E-state index contributed by atoms with van der Waals surface area (Å²) >= 11 is 2.03. The van der Waals surface area contributed by atoms with E-state index in [0.717, 1.165) is 19.5 Å². The fourth-order valence-electron chi connectivity index (χ4n) is 1.50. The summed E-state index contributed by atoms with van der Waals surface area (Å²) in [7, 11) is 0. The Morgan fingerprint density at radius 3 is 2.71 bits per heavy atom. The van der Waals surface area contributed by atoms with Crippen LogP contribution in [0.5, 0.6) is 0 Å². The monoisotopic (exact) mass is 217 g/mol. The lowest BCUT2D eigenvalue weighted by atomic mass is 10.3. The molecule has 84 valence electrons. The Morgan fingerprint density at radius 1 is 1.36 bits per heavy atom. The number of nitrogens with two attached hydrogens (primary N) is 1. The van der Waals surface area contributed by atoms with Gasteiger partial charge in [-0.1, -0.05) is 0 Å². The van der Waals surface area contributed by atoms with Gasteiger partial charge in [0.1, 0.15) is 0 Å². The van der Waals surface area contributed by atoms with Gasteiger partial charge in [-0.15, -0.1) is 0 Å². The number of nitrogens with zero attached hydrogens (tertiary/aromatic N) is 1. The number of rotatable bonds is 6. The number of hydrogen-bond acceptors (Lipinski definition) is 4. The lowest BCUT2D eigenvalue weighted by Gasteiger charge is -2.26. The first-order valence-corrected chi connectivity index (χ1v) is 6.71. The second-order valence-electron chi connectivity index (χ2n) is 3.97. The Labute approximate surface area is 91.8 Å². The van der Waals surface area contributed by atoms with E-state index in [1.807, 2.05) is 11.8 Å². The highest BCUT2D eigenvalue weighted by atomic mass is 32.2. The summed E-state index contributed by atoms with van der Waals surface area (Å²) < 4.78 is 0. The van der Waals surface area contributed by atoms with Crippen LogP contribution in [0, 0.1) is 0 Å². The molecule has 14 heavy (non-hydrogen) atoms. The largest absolute Gasteiger partial charge is 0.328 e. The predicted octanol–water partition coefficient (Wildman–Crippen LogP) is 0.362. The Hall–Kier alpha value is 0.230. The molecule has 1 fully saturated rings. The van der Waals surface area contributed by atoms with E-state index in [2.05, 4.69) is 17.1 Å². The first kappa shape index (κ1) is 12.3. The van der Waals surface area contributed by atoms with Crippen molar-refractivity contribution in [3.05, 3.63) is 0 Å². The number of piperazine rings is 1. The zero-order chi connectivity index (χ0) is 10.2. The van der Waals surface area contributed by atoms with Crippen LogP contribution in [0.1, 0.15) is 13.3 Å². The minimum atomic E-state index is 0.363. The molecule has 0 aromatic rings. The van der Waals surface area contributed by atoms with E-state index >= 15 is 0 Å². The predicted molar refractivity (Wildman–Crippen MR) is 64.9 cm³/mol. The molecule has 1 rings (SSSR count). The zero-order valence-corrected chi connectivity index (χ0v) is 9.98. The first-order valence-electron chi connectivity index (χ1n) is 5.55. The van der Waals surface area contributed by atoms with Gasteiger partial charge in [-0.3, -0.25) is 4.90 Å². The zero-order valence-electron chi connectivity index (χ0n) is 9.17. The molecule has 4 heteroatoms. The molecule has 1 aliphatic rings. The molecule has 0 spiro atoms. The molecule has 0 aromatic carbocycles. The quantitative estimate of drug-likeness (QED) is 0.631. The van der Waals surface area contributed by atoms with Crippen molar-refractivity contribution in [3.63, 3.8) is 0 Å². The molecule has 1 heterocycles. The third-order valence-electron chi connectivity index (χ3n) is 2.48. The Kier molecular flexibility index (Phi) is 6.60. The molecule has 1 atom stereocenters. The summed E-state index contributed by atoms with van der Waals surface area (Å²) in [5.74, 6) is 2.47. The molecule has 0 amide bonds. The number of thioether (sulfide) groups is 1. The van der Waals surface area contributed by atoms with Crippen LogP contribution in [-0.4, -0.2) is 55.2 Å². The second kappa shape index (κ2) is 7.51. The van der Waals surface area contributed by atoms with E-state index in [1.54, 1.807) is 0 Å². The molecule has 0 aliphatic carbocycles. The normalized spacial score (nSPS) is 21.0. The topological polar surface area (TPSA) is 41.3 Å². The van der Waals surface area contributed by atoms with E-state index in [0.29, 0.717) is 6.04 Å². The summed E-state index contributed by atoms with van der Waals surface area (Å²) in [4.78, 5) is 2.54. The van der Waals surface area contributed by atoms with Crippen molar-refractivity contribution in [2.45, 2.75) is 19.4 Å². The van der Waals surface area contributed by atoms with Crippen molar-refractivity contribution in [3.8, 4) is 0 Å². The maximum atomic E-state index is 5.69. The van der Waals surface area contributed by atoms with Gasteiger partial charge in [-0.2, -0.15) is 11.8 Å². The van der Waals surface area contributed by atoms with Gasteiger partial charge in [-0.25, -0.2) is 0 Å². The van der Waals surface area contributed by atoms with Crippen molar-refractivity contribution in [2.24, 2.45) is 5.73 Å². The van der Waals surface area contributed by atoms with Crippen molar-refractivity contribution >= 4 is 11.8 Å². The number of nitrogens with one attached hydrogen (secondary N) is 1. The van der Waals surface area contributed by atoms with E-state index < -0.39 is 0 Å². The molecular weight excluding hydrogens is 194 g/mol. The molecular formula is C10H23N3S. The van der Waals surface area contributed by atoms with Gasteiger partial charge < -0.3 is 11.1 Å². The van der Waals surface area contributed by atoms with Crippen LogP contribution >= 0.6 is 11.8 Å². The Morgan fingerprint density at radius 2 is 2.07 bits per heavy atom. The van der Waals surface area contributed by atoms with E-state index in [9.17, 15) is 0 Å². The van der Waals surface area contributed by atoms with Gasteiger partial charge in [0.15, 0.2) is 0 Å². The smallest absolute Gasteiger partial charge is 0.0108 e. The Bertz CT molecular complexity index is 135. The van der Waals surface area contributed by atoms with Crippen LogP contribution in [-0.2, 0) is 0 Å². The van der Waals surface area contributed by atoms with Gasteiger partial charge in [0.2, 0.25) is 0 Å². The summed E-state index contributed by atoms with van der Waals surface area (Å²) in [5, 5.41) is 3.37. The van der Waals surface area contributed by atoms with Gasteiger partial charge >= 0.3 is 0 Å². The molecule has 1 saturated heterocycles. The van der Waals surface area contributed by atoms with Crippen molar-refractivity contribution < 1.29 is 0 Å². The van der Waals surface area contributed by atoms with E-state index in [1.165, 1.54) is 31.1 Å². The third kappa shape index (κ3) is 5.86. The van der Waals surface area contributed by atoms with Gasteiger partial charge in [0, 0.05) is 44.5 Å².